The first-order chi connectivity index (χ1) is 12.3. The molecule has 0 aliphatic rings. The van der Waals surface area contributed by atoms with Gasteiger partial charge in [0.2, 0.25) is 5.95 Å². The molecular formula is C13H12N8O3S2. The number of nitrogens with zero attached hydrogens (tertiary/aromatic N) is 4. The first-order valence-electron chi connectivity index (χ1n) is 6.94. The van der Waals surface area contributed by atoms with Gasteiger partial charge in [-0.1, -0.05) is 0 Å². The van der Waals surface area contributed by atoms with Gasteiger partial charge in [0.25, 0.3) is 15.6 Å². The van der Waals surface area contributed by atoms with Crippen molar-refractivity contribution in [2.75, 3.05) is 16.2 Å². The first-order valence-corrected chi connectivity index (χ1v) is 9.31. The molecule has 13 heteroatoms. The Morgan fingerprint density at radius 3 is 2.50 bits per heavy atom. The van der Waals surface area contributed by atoms with Crippen molar-refractivity contribution in [2.45, 2.75) is 4.90 Å². The summed E-state index contributed by atoms with van der Waals surface area (Å²) >= 11 is 1.16. The number of sulfonamides is 1. The van der Waals surface area contributed by atoms with Crippen LogP contribution in [-0.2, 0) is 10.0 Å². The molecule has 6 N–H and O–H groups in total. The molecule has 3 aromatic rings. The van der Waals surface area contributed by atoms with Gasteiger partial charge < -0.3 is 11.5 Å². The number of aromatic nitrogens is 3. The van der Waals surface area contributed by atoms with Crippen LogP contribution < -0.4 is 21.7 Å². The molecule has 2 heterocycles. The van der Waals surface area contributed by atoms with Gasteiger partial charge in [-0.25, -0.2) is 13.4 Å². The molecule has 3 rings (SSSR count). The summed E-state index contributed by atoms with van der Waals surface area (Å²) in [5, 5.41) is 9.50. The van der Waals surface area contributed by atoms with Crippen LogP contribution in [0.1, 0.15) is 0 Å². The minimum atomic E-state index is -3.76. The summed E-state index contributed by atoms with van der Waals surface area (Å²) in [6.45, 7) is 0. The standard InChI is InChI=1S/C13H12N8O3S2/c14-10-9(11(22)18-12(15)17-10)20-19-7-1-3-8(4-2-7)26(23,24)21-13-16-5-6-25-13/h1-6H,(H,16,21)(H5,14,15,17,18,22). The Balaban J connectivity index is 1.81. The predicted octanol–water partition coefficient (Wildman–Crippen LogP) is 1.61. The number of aromatic amines is 1. The fraction of sp³-hybridized carbons (Fsp3) is 0. The molecule has 11 nitrogen and oxygen atoms in total. The van der Waals surface area contributed by atoms with Crippen LogP contribution >= 0.6 is 11.3 Å². The van der Waals surface area contributed by atoms with Crippen LogP contribution in [0.4, 0.5) is 28.3 Å². The van der Waals surface area contributed by atoms with E-state index in [1.54, 1.807) is 5.38 Å². The molecule has 26 heavy (non-hydrogen) atoms. The molecule has 2 aromatic heterocycles. The highest BCUT2D eigenvalue weighted by atomic mass is 32.2. The Morgan fingerprint density at radius 1 is 1.15 bits per heavy atom. The minimum Gasteiger partial charge on any atom is -0.382 e. The van der Waals surface area contributed by atoms with Crippen molar-refractivity contribution >= 4 is 49.6 Å². The predicted molar refractivity (Wildman–Crippen MR) is 97.2 cm³/mol. The van der Waals surface area contributed by atoms with E-state index < -0.39 is 15.6 Å². The Morgan fingerprint density at radius 2 is 1.88 bits per heavy atom. The van der Waals surface area contributed by atoms with Crippen molar-refractivity contribution in [3.63, 3.8) is 0 Å². The largest absolute Gasteiger partial charge is 0.382 e. The van der Waals surface area contributed by atoms with E-state index in [1.807, 2.05) is 0 Å². The maximum atomic E-state index is 12.2. The number of anilines is 3. The molecule has 1 aromatic carbocycles. The Kier molecular flexibility index (Phi) is 4.64. The fourth-order valence-electron chi connectivity index (χ4n) is 1.85. The molecule has 0 unspecified atom stereocenters. The maximum absolute atomic E-state index is 12.2. The number of thiazole rings is 1. The van der Waals surface area contributed by atoms with Gasteiger partial charge in [-0.3, -0.25) is 14.5 Å². The third-order valence-corrected chi connectivity index (χ3v) is 5.18. The number of nitrogen functional groups attached to an aromatic ring is 2. The second-order valence-electron chi connectivity index (χ2n) is 4.82. The SMILES string of the molecule is Nc1nc(N)c(N=Nc2ccc(S(=O)(=O)Nc3nccs3)cc2)c(=O)[nH]1. The molecule has 134 valence electrons. The molecule has 0 fully saturated rings. The van der Waals surface area contributed by atoms with Crippen LogP contribution in [-0.4, -0.2) is 23.4 Å². The zero-order chi connectivity index (χ0) is 18.7. The number of azo groups is 1. The lowest BCUT2D eigenvalue weighted by Crippen LogP contribution is -2.13. The van der Waals surface area contributed by atoms with E-state index >= 15 is 0 Å². The molecule has 0 radical (unpaired) electrons. The average Bonchev–Trinajstić information content (AvgIpc) is 3.06. The third-order valence-electron chi connectivity index (χ3n) is 3.01. The van der Waals surface area contributed by atoms with E-state index in [4.69, 9.17) is 11.5 Å². The van der Waals surface area contributed by atoms with Crippen molar-refractivity contribution < 1.29 is 8.42 Å². The molecule has 0 aliphatic heterocycles. The van der Waals surface area contributed by atoms with E-state index in [0.717, 1.165) is 11.3 Å². The summed E-state index contributed by atoms with van der Waals surface area (Å²) in [5.74, 6) is -0.296. The number of nitrogens with two attached hydrogens (primary N) is 2. The van der Waals surface area contributed by atoms with Gasteiger partial charge in [0.05, 0.1) is 10.6 Å². The molecule has 0 amide bonds. The Bertz CT molecular complexity index is 1110. The third kappa shape index (κ3) is 3.84. The van der Waals surface area contributed by atoms with Crippen molar-refractivity contribution in [1.82, 2.24) is 15.0 Å². The summed E-state index contributed by atoms with van der Waals surface area (Å²) in [5.41, 5.74) is 10.4. The molecule has 0 bridgehead atoms. The van der Waals surface area contributed by atoms with Crippen LogP contribution in [0, 0.1) is 0 Å². The van der Waals surface area contributed by atoms with E-state index in [9.17, 15) is 13.2 Å². The number of hydrogen-bond acceptors (Lipinski definition) is 10. The van der Waals surface area contributed by atoms with E-state index in [-0.39, 0.29) is 27.5 Å². The second kappa shape index (κ2) is 6.89. The van der Waals surface area contributed by atoms with E-state index in [0.29, 0.717) is 5.69 Å². The summed E-state index contributed by atoms with van der Waals surface area (Å²) in [6.07, 6.45) is 1.49. The Hall–Kier alpha value is -3.32. The summed E-state index contributed by atoms with van der Waals surface area (Å²) < 4.78 is 26.8. The Labute approximate surface area is 150 Å². The van der Waals surface area contributed by atoms with Gasteiger partial charge in [-0.2, -0.15) is 10.1 Å². The highest BCUT2D eigenvalue weighted by Crippen LogP contribution is 2.22. The molecule has 0 atom stereocenters. The van der Waals surface area contributed by atoms with Crippen molar-refractivity contribution in [2.24, 2.45) is 10.2 Å². The first kappa shape index (κ1) is 17.5. The molecular weight excluding hydrogens is 380 g/mol. The summed E-state index contributed by atoms with van der Waals surface area (Å²) in [4.78, 5) is 21.5. The van der Waals surface area contributed by atoms with Crippen LogP contribution in [0.5, 0.6) is 0 Å². The van der Waals surface area contributed by atoms with Crippen LogP contribution in [0.25, 0.3) is 0 Å². The fourth-order valence-corrected chi connectivity index (χ4v) is 3.64. The normalized spacial score (nSPS) is 11.7. The monoisotopic (exact) mass is 392 g/mol. The summed E-state index contributed by atoms with van der Waals surface area (Å²) in [7, 11) is -3.76. The average molecular weight is 392 g/mol. The number of rotatable bonds is 5. The van der Waals surface area contributed by atoms with Gasteiger partial charge in [-0.15, -0.1) is 16.5 Å². The molecule has 0 saturated carbocycles. The zero-order valence-corrected chi connectivity index (χ0v) is 14.6. The number of hydrogen-bond donors (Lipinski definition) is 4. The summed E-state index contributed by atoms with van der Waals surface area (Å²) in [6, 6.07) is 5.54. The highest BCUT2D eigenvalue weighted by Gasteiger charge is 2.15. The van der Waals surface area contributed by atoms with Crippen molar-refractivity contribution in [3.8, 4) is 0 Å². The molecule has 0 spiro atoms. The van der Waals surface area contributed by atoms with Crippen LogP contribution in [0.15, 0.2) is 55.8 Å². The van der Waals surface area contributed by atoms with E-state index in [2.05, 4.69) is 29.9 Å². The lowest BCUT2D eigenvalue weighted by atomic mass is 10.3. The minimum absolute atomic E-state index is 0.0261. The molecule has 0 saturated heterocycles. The van der Waals surface area contributed by atoms with Crippen LogP contribution in [0.2, 0.25) is 0 Å². The quantitative estimate of drug-likeness (QED) is 0.475. The van der Waals surface area contributed by atoms with Crippen LogP contribution in [0.3, 0.4) is 0 Å². The zero-order valence-electron chi connectivity index (χ0n) is 12.9. The maximum Gasteiger partial charge on any atom is 0.282 e. The van der Waals surface area contributed by atoms with Gasteiger partial charge in [0.1, 0.15) is 0 Å². The van der Waals surface area contributed by atoms with Gasteiger partial charge in [0.15, 0.2) is 16.6 Å². The second-order valence-corrected chi connectivity index (χ2v) is 7.40. The smallest absolute Gasteiger partial charge is 0.282 e. The number of H-pyrrole nitrogens is 1. The van der Waals surface area contributed by atoms with Gasteiger partial charge >= 0.3 is 0 Å². The lowest BCUT2D eigenvalue weighted by Gasteiger charge is -2.05. The topological polar surface area (TPSA) is 182 Å². The van der Waals surface area contributed by atoms with Crippen molar-refractivity contribution in [3.05, 3.63) is 46.2 Å². The van der Waals surface area contributed by atoms with Gasteiger partial charge in [-0.05, 0) is 24.3 Å². The molecule has 0 aliphatic carbocycles. The number of benzene rings is 1. The lowest BCUT2D eigenvalue weighted by molar-refractivity contribution is 0.601. The van der Waals surface area contributed by atoms with Gasteiger partial charge in [0, 0.05) is 11.6 Å². The highest BCUT2D eigenvalue weighted by molar-refractivity contribution is 7.93. The van der Waals surface area contributed by atoms with Crippen molar-refractivity contribution in [1.29, 1.82) is 0 Å². The number of nitrogens with one attached hydrogen (secondary N) is 2. The van der Waals surface area contributed by atoms with E-state index in [1.165, 1.54) is 30.5 Å².